The molecule has 0 saturated heterocycles. The lowest BCUT2D eigenvalue weighted by Gasteiger charge is -2.30. The minimum atomic E-state index is 0.321. The van der Waals surface area contributed by atoms with Crippen LogP contribution in [0.15, 0.2) is 0 Å². The Balaban J connectivity index is 3.50. The Labute approximate surface area is 112 Å². The van der Waals surface area contributed by atoms with Crippen LogP contribution < -0.4 is 5.32 Å². The standard InChI is InChI=1S/C14H31NO3/c1-14(2,3)13(12-15-4)6-7-17-10-11-18-9-8-16-5/h13,15H,6-12H2,1-5H3. The van der Waals surface area contributed by atoms with Crippen molar-refractivity contribution in [1.29, 1.82) is 0 Å². The van der Waals surface area contributed by atoms with Crippen LogP contribution in [-0.2, 0) is 14.2 Å². The molecule has 0 bridgehead atoms. The molecule has 1 N–H and O–H groups in total. The van der Waals surface area contributed by atoms with Crippen LogP contribution in [0.2, 0.25) is 0 Å². The summed E-state index contributed by atoms with van der Waals surface area (Å²) < 4.78 is 15.8. The third-order valence-corrected chi connectivity index (χ3v) is 3.09. The lowest BCUT2D eigenvalue weighted by atomic mass is 9.79. The molecule has 0 fully saturated rings. The Kier molecular flexibility index (Phi) is 10.6. The summed E-state index contributed by atoms with van der Waals surface area (Å²) in [4.78, 5) is 0. The van der Waals surface area contributed by atoms with E-state index < -0.39 is 0 Å². The smallest absolute Gasteiger partial charge is 0.0701 e. The van der Waals surface area contributed by atoms with Crippen LogP contribution in [0, 0.1) is 11.3 Å². The first-order valence-electron chi connectivity index (χ1n) is 6.81. The van der Waals surface area contributed by atoms with Gasteiger partial charge >= 0.3 is 0 Å². The van der Waals surface area contributed by atoms with Gasteiger partial charge in [-0.05, 0) is 31.3 Å². The molecule has 1 atom stereocenters. The summed E-state index contributed by atoms with van der Waals surface area (Å²) >= 11 is 0. The highest BCUT2D eigenvalue weighted by Crippen LogP contribution is 2.27. The summed E-state index contributed by atoms with van der Waals surface area (Å²) in [6.07, 6.45) is 1.09. The molecule has 0 aliphatic rings. The number of hydrogen-bond acceptors (Lipinski definition) is 4. The van der Waals surface area contributed by atoms with Gasteiger partial charge in [-0.2, -0.15) is 0 Å². The van der Waals surface area contributed by atoms with Crippen molar-refractivity contribution in [2.24, 2.45) is 11.3 Å². The zero-order chi connectivity index (χ0) is 13.9. The van der Waals surface area contributed by atoms with Crippen molar-refractivity contribution in [3.05, 3.63) is 0 Å². The SMILES string of the molecule is CNCC(CCOCCOCCOC)C(C)(C)C. The molecule has 0 saturated carbocycles. The van der Waals surface area contributed by atoms with Crippen molar-refractivity contribution in [3.8, 4) is 0 Å². The predicted octanol–water partition coefficient (Wildman–Crippen LogP) is 1.94. The average Bonchev–Trinajstić information content (AvgIpc) is 2.30. The third-order valence-electron chi connectivity index (χ3n) is 3.09. The quantitative estimate of drug-likeness (QED) is 0.577. The zero-order valence-electron chi connectivity index (χ0n) is 12.8. The zero-order valence-corrected chi connectivity index (χ0v) is 12.8. The largest absolute Gasteiger partial charge is 0.382 e. The van der Waals surface area contributed by atoms with E-state index >= 15 is 0 Å². The van der Waals surface area contributed by atoms with E-state index in [1.54, 1.807) is 7.11 Å². The van der Waals surface area contributed by atoms with E-state index in [9.17, 15) is 0 Å². The van der Waals surface area contributed by atoms with Gasteiger partial charge in [0, 0.05) is 13.7 Å². The van der Waals surface area contributed by atoms with Crippen LogP contribution in [0.3, 0.4) is 0 Å². The van der Waals surface area contributed by atoms with Crippen molar-refractivity contribution in [2.45, 2.75) is 27.2 Å². The van der Waals surface area contributed by atoms with Crippen LogP contribution in [0.4, 0.5) is 0 Å². The minimum absolute atomic E-state index is 0.321. The molecule has 0 rings (SSSR count). The maximum atomic E-state index is 5.59. The summed E-state index contributed by atoms with van der Waals surface area (Å²) in [6.45, 7) is 11.3. The monoisotopic (exact) mass is 261 g/mol. The van der Waals surface area contributed by atoms with Gasteiger partial charge in [-0.3, -0.25) is 0 Å². The maximum Gasteiger partial charge on any atom is 0.0701 e. The van der Waals surface area contributed by atoms with Crippen LogP contribution in [0.5, 0.6) is 0 Å². The summed E-state index contributed by atoms with van der Waals surface area (Å²) in [5.41, 5.74) is 0.321. The van der Waals surface area contributed by atoms with E-state index in [0.29, 0.717) is 37.8 Å². The molecule has 0 aliphatic heterocycles. The Morgan fingerprint density at radius 3 is 2.00 bits per heavy atom. The van der Waals surface area contributed by atoms with Crippen LogP contribution >= 0.6 is 0 Å². The molecule has 1 unspecified atom stereocenters. The van der Waals surface area contributed by atoms with Crippen molar-refractivity contribution in [3.63, 3.8) is 0 Å². The van der Waals surface area contributed by atoms with Gasteiger partial charge in [0.05, 0.1) is 26.4 Å². The number of hydrogen-bond donors (Lipinski definition) is 1. The van der Waals surface area contributed by atoms with E-state index in [4.69, 9.17) is 14.2 Å². The van der Waals surface area contributed by atoms with Gasteiger partial charge in [-0.15, -0.1) is 0 Å². The van der Waals surface area contributed by atoms with Gasteiger partial charge in [-0.25, -0.2) is 0 Å². The molecule has 0 radical (unpaired) electrons. The van der Waals surface area contributed by atoms with Crippen LogP contribution in [0.1, 0.15) is 27.2 Å². The van der Waals surface area contributed by atoms with Crippen molar-refractivity contribution < 1.29 is 14.2 Å². The van der Waals surface area contributed by atoms with Gasteiger partial charge in [-0.1, -0.05) is 20.8 Å². The highest BCUT2D eigenvalue weighted by Gasteiger charge is 2.23. The number of ether oxygens (including phenoxy) is 3. The number of nitrogens with one attached hydrogen (secondary N) is 1. The molecule has 0 aromatic rings. The Morgan fingerprint density at radius 2 is 1.50 bits per heavy atom. The van der Waals surface area contributed by atoms with Gasteiger partial charge in [0.25, 0.3) is 0 Å². The molecule has 0 amide bonds. The summed E-state index contributed by atoms with van der Waals surface area (Å²) in [5, 5.41) is 3.26. The van der Waals surface area contributed by atoms with Crippen molar-refractivity contribution in [2.75, 3.05) is 53.7 Å². The first-order valence-corrected chi connectivity index (χ1v) is 6.81. The highest BCUT2D eigenvalue weighted by atomic mass is 16.5. The average molecular weight is 261 g/mol. The number of methoxy groups -OCH3 is 1. The first kappa shape index (κ1) is 17.8. The van der Waals surface area contributed by atoms with Crippen molar-refractivity contribution >= 4 is 0 Å². The molecule has 4 heteroatoms. The van der Waals surface area contributed by atoms with Gasteiger partial charge in [0.1, 0.15) is 0 Å². The minimum Gasteiger partial charge on any atom is -0.382 e. The van der Waals surface area contributed by atoms with Crippen molar-refractivity contribution in [1.82, 2.24) is 5.32 Å². The molecule has 110 valence electrons. The molecule has 4 nitrogen and oxygen atoms in total. The predicted molar refractivity (Wildman–Crippen MR) is 75.0 cm³/mol. The van der Waals surface area contributed by atoms with E-state index in [0.717, 1.165) is 19.6 Å². The molecule has 0 aromatic heterocycles. The van der Waals surface area contributed by atoms with Gasteiger partial charge < -0.3 is 19.5 Å². The first-order chi connectivity index (χ1) is 8.52. The normalized spacial score (nSPS) is 13.8. The summed E-state index contributed by atoms with van der Waals surface area (Å²) in [6, 6.07) is 0. The van der Waals surface area contributed by atoms with E-state index in [-0.39, 0.29) is 0 Å². The van der Waals surface area contributed by atoms with E-state index in [1.165, 1.54) is 0 Å². The summed E-state index contributed by atoms with van der Waals surface area (Å²) in [7, 11) is 3.68. The summed E-state index contributed by atoms with van der Waals surface area (Å²) in [5.74, 6) is 0.636. The second kappa shape index (κ2) is 10.7. The molecule has 0 aliphatic carbocycles. The molecular formula is C14H31NO3. The molecule has 0 heterocycles. The lowest BCUT2D eigenvalue weighted by molar-refractivity contribution is 0.0182. The molecule has 18 heavy (non-hydrogen) atoms. The Morgan fingerprint density at radius 1 is 0.944 bits per heavy atom. The third kappa shape index (κ3) is 9.83. The molecule has 0 spiro atoms. The van der Waals surface area contributed by atoms with Crippen LogP contribution in [0.25, 0.3) is 0 Å². The fraction of sp³-hybridized carbons (Fsp3) is 1.00. The second-order valence-electron chi connectivity index (χ2n) is 5.63. The fourth-order valence-corrected chi connectivity index (χ4v) is 1.78. The molecule has 0 aromatic carbocycles. The van der Waals surface area contributed by atoms with Crippen LogP contribution in [-0.4, -0.2) is 53.7 Å². The number of rotatable bonds is 11. The fourth-order valence-electron chi connectivity index (χ4n) is 1.78. The van der Waals surface area contributed by atoms with Gasteiger partial charge in [0.2, 0.25) is 0 Å². The topological polar surface area (TPSA) is 39.7 Å². The van der Waals surface area contributed by atoms with E-state index in [1.807, 2.05) is 7.05 Å². The van der Waals surface area contributed by atoms with Gasteiger partial charge in [0.15, 0.2) is 0 Å². The molecular weight excluding hydrogens is 230 g/mol. The van der Waals surface area contributed by atoms with E-state index in [2.05, 4.69) is 26.1 Å². The highest BCUT2D eigenvalue weighted by molar-refractivity contribution is 4.75. The maximum absolute atomic E-state index is 5.59. The Bertz CT molecular complexity index is 180. The lowest BCUT2D eigenvalue weighted by Crippen LogP contribution is -2.31. The second-order valence-corrected chi connectivity index (χ2v) is 5.63. The Hall–Kier alpha value is -0.160.